The lowest BCUT2D eigenvalue weighted by molar-refractivity contribution is -0.0393. The average molecular weight is 529 g/mol. The zero-order valence-corrected chi connectivity index (χ0v) is 23.1. The van der Waals surface area contributed by atoms with E-state index in [1.165, 1.54) is 59.6 Å². The molecule has 1 spiro atoms. The minimum atomic E-state index is 0.110. The van der Waals surface area contributed by atoms with Crippen molar-refractivity contribution in [3.05, 3.63) is 120 Å². The third-order valence-electron chi connectivity index (χ3n) is 11.4. The van der Waals surface area contributed by atoms with Gasteiger partial charge in [-0.05, 0) is 119 Å². The molecule has 4 fully saturated rings. The van der Waals surface area contributed by atoms with Crippen LogP contribution in [0, 0.1) is 23.7 Å². The van der Waals surface area contributed by atoms with E-state index in [4.69, 9.17) is 4.98 Å². The first kappa shape index (κ1) is 22.5. The second-order valence-electron chi connectivity index (χ2n) is 13.2. The molecular weight excluding hydrogens is 496 g/mol. The summed E-state index contributed by atoms with van der Waals surface area (Å²) in [7, 11) is 0. The van der Waals surface area contributed by atoms with Crippen molar-refractivity contribution in [2.45, 2.75) is 37.5 Å². The van der Waals surface area contributed by atoms with E-state index in [-0.39, 0.29) is 5.41 Å². The second-order valence-corrected chi connectivity index (χ2v) is 13.2. The van der Waals surface area contributed by atoms with Crippen LogP contribution in [0.2, 0.25) is 0 Å². The number of fused-ring (bicyclic) bond motifs is 6. The van der Waals surface area contributed by atoms with Gasteiger partial charge in [0.15, 0.2) is 0 Å². The Balaban J connectivity index is 1.27. The Kier molecular flexibility index (Phi) is 4.38. The van der Waals surface area contributed by atoms with E-state index >= 15 is 0 Å². The Hall–Kier alpha value is -4.17. The van der Waals surface area contributed by atoms with Gasteiger partial charge in [-0.3, -0.25) is 4.57 Å². The summed E-state index contributed by atoms with van der Waals surface area (Å²) in [6, 6.07) is 40.6. The maximum atomic E-state index is 5.27. The standard InChI is InChI=1S/C39H32N2/c1-2-9-30(10-3-1)41-36-13-7-6-12-35(36)40-38(41)27-15-16-32-33-17-14-26-8-4-5-11-31(26)37(33)39(34(32)23-27)28-19-24-18-25(21-28)22-29(39)20-24/h1-17,23-25,28-29H,18-22H2. The van der Waals surface area contributed by atoms with Crippen molar-refractivity contribution >= 4 is 21.8 Å². The van der Waals surface area contributed by atoms with E-state index in [9.17, 15) is 0 Å². The summed E-state index contributed by atoms with van der Waals surface area (Å²) in [5, 5.41) is 2.87. The largest absolute Gasteiger partial charge is 0.292 e. The smallest absolute Gasteiger partial charge is 0.145 e. The van der Waals surface area contributed by atoms with E-state index in [0.717, 1.165) is 46.2 Å². The number of para-hydroxylation sites is 3. The molecule has 0 saturated heterocycles. The minimum Gasteiger partial charge on any atom is -0.292 e. The van der Waals surface area contributed by atoms with Gasteiger partial charge in [0.1, 0.15) is 5.82 Å². The van der Waals surface area contributed by atoms with Gasteiger partial charge in [0.25, 0.3) is 0 Å². The van der Waals surface area contributed by atoms with Crippen LogP contribution in [0.25, 0.3) is 50.0 Å². The number of nitrogens with zero attached hydrogens (tertiary/aromatic N) is 2. The van der Waals surface area contributed by atoms with E-state index < -0.39 is 0 Å². The highest BCUT2D eigenvalue weighted by Gasteiger charge is 2.62. The molecule has 2 nitrogen and oxygen atoms in total. The summed E-state index contributed by atoms with van der Waals surface area (Å²) in [4.78, 5) is 5.27. The van der Waals surface area contributed by atoms with Crippen molar-refractivity contribution in [2.24, 2.45) is 23.7 Å². The Morgan fingerprint density at radius 1 is 0.634 bits per heavy atom. The molecule has 0 aliphatic heterocycles. The van der Waals surface area contributed by atoms with Crippen LogP contribution in [-0.2, 0) is 5.41 Å². The van der Waals surface area contributed by atoms with Crippen molar-refractivity contribution in [2.75, 3.05) is 0 Å². The first-order valence-electron chi connectivity index (χ1n) is 15.5. The average Bonchev–Trinajstić information content (AvgIpc) is 3.54. The molecule has 5 aromatic carbocycles. The van der Waals surface area contributed by atoms with Gasteiger partial charge in [0.2, 0.25) is 0 Å². The normalized spacial score (nSPS) is 27.1. The molecule has 0 amide bonds. The third-order valence-corrected chi connectivity index (χ3v) is 11.4. The Morgan fingerprint density at radius 3 is 2.17 bits per heavy atom. The van der Waals surface area contributed by atoms with Crippen LogP contribution < -0.4 is 0 Å². The highest BCUT2D eigenvalue weighted by atomic mass is 15.1. The molecule has 0 radical (unpaired) electrons. The first-order valence-corrected chi connectivity index (χ1v) is 15.5. The molecule has 0 atom stereocenters. The van der Waals surface area contributed by atoms with E-state index in [1.54, 1.807) is 11.1 Å². The van der Waals surface area contributed by atoms with Crippen LogP contribution in [0.1, 0.15) is 43.2 Å². The summed E-state index contributed by atoms with van der Waals surface area (Å²) in [6.45, 7) is 0. The number of benzene rings is 5. The van der Waals surface area contributed by atoms with Gasteiger partial charge < -0.3 is 0 Å². The Labute approximate surface area is 240 Å². The quantitative estimate of drug-likeness (QED) is 0.219. The monoisotopic (exact) mass is 528 g/mol. The van der Waals surface area contributed by atoms with Crippen molar-refractivity contribution in [1.29, 1.82) is 0 Å². The topological polar surface area (TPSA) is 17.8 Å². The Bertz CT molecular complexity index is 1980. The number of hydrogen-bond donors (Lipinski definition) is 0. The molecule has 41 heavy (non-hydrogen) atoms. The van der Waals surface area contributed by atoms with Crippen LogP contribution in [0.4, 0.5) is 0 Å². The van der Waals surface area contributed by atoms with Crippen molar-refractivity contribution < 1.29 is 0 Å². The fraction of sp³-hybridized carbons (Fsp3) is 0.256. The van der Waals surface area contributed by atoms with Crippen LogP contribution in [0.3, 0.4) is 0 Å². The molecule has 4 bridgehead atoms. The molecule has 0 unspecified atom stereocenters. The third kappa shape index (κ3) is 2.86. The molecule has 1 heterocycles. The van der Waals surface area contributed by atoms with Crippen molar-refractivity contribution in [3.8, 4) is 28.2 Å². The lowest BCUT2D eigenvalue weighted by Crippen LogP contribution is -2.55. The molecule has 1 aromatic heterocycles. The molecule has 11 rings (SSSR count). The predicted octanol–water partition coefficient (Wildman–Crippen LogP) is 9.57. The fourth-order valence-corrected chi connectivity index (χ4v) is 10.2. The Morgan fingerprint density at radius 2 is 1.34 bits per heavy atom. The lowest BCUT2D eigenvalue weighted by Gasteiger charge is -2.61. The van der Waals surface area contributed by atoms with Gasteiger partial charge in [-0.15, -0.1) is 0 Å². The van der Waals surface area contributed by atoms with Gasteiger partial charge in [0, 0.05) is 16.7 Å². The molecule has 198 valence electrons. The van der Waals surface area contributed by atoms with Crippen LogP contribution in [0.15, 0.2) is 109 Å². The van der Waals surface area contributed by atoms with Crippen molar-refractivity contribution in [1.82, 2.24) is 9.55 Å². The molecule has 5 aliphatic rings. The summed E-state index contributed by atoms with van der Waals surface area (Å²) in [5.74, 6) is 4.35. The molecule has 4 saturated carbocycles. The summed E-state index contributed by atoms with van der Waals surface area (Å²) in [5.41, 5.74) is 10.9. The maximum Gasteiger partial charge on any atom is 0.145 e. The highest BCUT2D eigenvalue weighted by molar-refractivity contribution is 5.98. The van der Waals surface area contributed by atoms with Gasteiger partial charge in [-0.25, -0.2) is 4.98 Å². The summed E-state index contributed by atoms with van der Waals surface area (Å²) in [6.07, 6.45) is 7.03. The van der Waals surface area contributed by atoms with Gasteiger partial charge >= 0.3 is 0 Å². The molecule has 6 aromatic rings. The predicted molar refractivity (Wildman–Crippen MR) is 167 cm³/mol. The molecule has 2 heteroatoms. The highest BCUT2D eigenvalue weighted by Crippen LogP contribution is 2.70. The van der Waals surface area contributed by atoms with Gasteiger partial charge in [-0.1, -0.05) is 78.9 Å². The minimum absolute atomic E-state index is 0.110. The molecular formula is C39H32N2. The SMILES string of the molecule is c1ccc(-n2c(-c3ccc4c(c3)C3(c5c-4ccc4ccccc54)C4CC5CC(C4)CC3C5)nc3ccccc32)cc1. The summed E-state index contributed by atoms with van der Waals surface area (Å²) < 4.78 is 2.36. The fourth-order valence-electron chi connectivity index (χ4n) is 10.2. The zero-order chi connectivity index (χ0) is 26.7. The molecule has 5 aliphatic carbocycles. The van der Waals surface area contributed by atoms with Crippen LogP contribution >= 0.6 is 0 Å². The second kappa shape index (κ2) is 7.97. The first-order chi connectivity index (χ1) is 20.3. The van der Waals surface area contributed by atoms with Gasteiger partial charge in [0.05, 0.1) is 11.0 Å². The number of aromatic nitrogens is 2. The molecule has 0 N–H and O–H groups in total. The summed E-state index contributed by atoms with van der Waals surface area (Å²) >= 11 is 0. The van der Waals surface area contributed by atoms with Gasteiger partial charge in [-0.2, -0.15) is 0 Å². The number of imidazole rings is 1. The lowest BCUT2D eigenvalue weighted by atomic mass is 9.43. The van der Waals surface area contributed by atoms with Crippen molar-refractivity contribution in [3.63, 3.8) is 0 Å². The van der Waals surface area contributed by atoms with E-state index in [2.05, 4.69) is 114 Å². The zero-order valence-electron chi connectivity index (χ0n) is 23.1. The van der Waals surface area contributed by atoms with Crippen LogP contribution in [-0.4, -0.2) is 9.55 Å². The van der Waals surface area contributed by atoms with E-state index in [1.807, 2.05) is 0 Å². The number of rotatable bonds is 2. The number of hydrogen-bond acceptors (Lipinski definition) is 1. The van der Waals surface area contributed by atoms with Crippen LogP contribution in [0.5, 0.6) is 0 Å². The van der Waals surface area contributed by atoms with E-state index in [0.29, 0.717) is 0 Å². The maximum absolute atomic E-state index is 5.27.